The fourth-order valence-electron chi connectivity index (χ4n) is 7.41. The molecule has 3 aliphatic heterocycles. The molecule has 38 heavy (non-hydrogen) atoms. The number of benzene rings is 1. The molecule has 1 N–H and O–H groups in total. The predicted molar refractivity (Wildman–Crippen MR) is 151 cm³/mol. The van der Waals surface area contributed by atoms with Gasteiger partial charge in [-0.2, -0.15) is 0 Å². The summed E-state index contributed by atoms with van der Waals surface area (Å²) in [5, 5.41) is 9.91. The van der Waals surface area contributed by atoms with Crippen LogP contribution in [0.25, 0.3) is 0 Å². The number of para-hydroxylation sites is 1. The molecule has 1 saturated carbocycles. The van der Waals surface area contributed by atoms with Crippen molar-refractivity contribution in [2.75, 3.05) is 31.1 Å². The monoisotopic (exact) mass is 537 g/mol. The van der Waals surface area contributed by atoms with Crippen LogP contribution in [-0.4, -0.2) is 80.9 Å². The number of rotatable bonds is 10. The van der Waals surface area contributed by atoms with Gasteiger partial charge in [0.25, 0.3) is 0 Å². The van der Waals surface area contributed by atoms with Gasteiger partial charge in [0.15, 0.2) is 0 Å². The van der Waals surface area contributed by atoms with Crippen molar-refractivity contribution in [2.24, 2.45) is 11.8 Å². The molecule has 3 saturated heterocycles. The molecule has 1 aromatic carbocycles. The number of likely N-dealkylation sites (tertiary alicyclic amines) is 1. The Kier molecular flexibility index (Phi) is 8.00. The lowest BCUT2D eigenvalue weighted by Gasteiger charge is -2.41. The summed E-state index contributed by atoms with van der Waals surface area (Å²) in [5.74, 6) is -1.39. The van der Waals surface area contributed by atoms with Gasteiger partial charge >= 0.3 is 0 Å². The summed E-state index contributed by atoms with van der Waals surface area (Å²) in [4.78, 5) is 47.9. The van der Waals surface area contributed by atoms with E-state index in [2.05, 4.69) is 13.2 Å². The Morgan fingerprint density at radius 2 is 1.76 bits per heavy atom. The SMILES string of the molecule is C=CCN(C(=O)[C@@H]1[C@@H]2CCC3(S2)C(C(=O)N(CC=C)C2CCCCC2)N(CCO)C(=O)[C@H]13)c1ccccc1. The van der Waals surface area contributed by atoms with Gasteiger partial charge in [0.05, 0.1) is 23.2 Å². The van der Waals surface area contributed by atoms with Crippen LogP contribution in [0.5, 0.6) is 0 Å². The number of thioether (sulfide) groups is 1. The van der Waals surface area contributed by atoms with E-state index in [0.29, 0.717) is 13.1 Å². The highest BCUT2D eigenvalue weighted by molar-refractivity contribution is 8.02. The largest absolute Gasteiger partial charge is 0.395 e. The predicted octanol–water partition coefficient (Wildman–Crippen LogP) is 3.64. The van der Waals surface area contributed by atoms with E-state index < -0.39 is 22.6 Å². The van der Waals surface area contributed by atoms with Crippen molar-refractivity contribution in [1.82, 2.24) is 9.80 Å². The minimum Gasteiger partial charge on any atom is -0.395 e. The number of β-amino-alcohol motifs (C(OH)–C–C–N with tert-alkyl or cyclic N) is 1. The highest BCUT2D eigenvalue weighted by Gasteiger charge is 2.74. The molecule has 1 aromatic rings. The van der Waals surface area contributed by atoms with E-state index in [9.17, 15) is 19.5 Å². The van der Waals surface area contributed by atoms with Crippen LogP contribution in [0.3, 0.4) is 0 Å². The topological polar surface area (TPSA) is 81.2 Å². The van der Waals surface area contributed by atoms with Crippen LogP contribution < -0.4 is 4.90 Å². The van der Waals surface area contributed by atoms with Crippen LogP contribution in [0.2, 0.25) is 0 Å². The normalized spacial score (nSPS) is 30.2. The van der Waals surface area contributed by atoms with Crippen LogP contribution in [0, 0.1) is 11.8 Å². The van der Waals surface area contributed by atoms with Gasteiger partial charge in [-0.1, -0.05) is 49.6 Å². The fraction of sp³-hybridized carbons (Fsp3) is 0.567. The fourth-order valence-corrected chi connectivity index (χ4v) is 9.62. The Balaban J connectivity index is 1.51. The molecular formula is C30H39N3O4S. The van der Waals surface area contributed by atoms with Crippen molar-refractivity contribution in [3.63, 3.8) is 0 Å². The lowest BCUT2D eigenvalue weighted by molar-refractivity contribution is -0.144. The molecule has 3 amide bonds. The second-order valence-corrected chi connectivity index (χ2v) is 12.6. The Labute approximate surface area is 229 Å². The molecule has 8 heteroatoms. The van der Waals surface area contributed by atoms with E-state index in [4.69, 9.17) is 0 Å². The number of hydrogen-bond acceptors (Lipinski definition) is 5. The van der Waals surface area contributed by atoms with Gasteiger partial charge in [0, 0.05) is 36.6 Å². The van der Waals surface area contributed by atoms with Crippen LogP contribution in [-0.2, 0) is 14.4 Å². The molecule has 2 unspecified atom stereocenters. The third-order valence-corrected chi connectivity index (χ3v) is 10.9. The molecule has 0 aromatic heterocycles. The van der Waals surface area contributed by atoms with Gasteiger partial charge in [0.1, 0.15) is 6.04 Å². The standard InChI is InChI=1S/C30H39N3O4S/c1-3-17-31(21-11-7-5-8-12-21)27(35)24-23-15-16-30(38-23)25(24)28(36)33(19-20-34)26(30)29(37)32(18-4-2)22-13-9-6-10-14-22/h3-5,7-8,11-12,22-26,34H,1-2,6,9-10,13-20H2/t23-,24+,25-,26?,30?/m0/s1. The number of carbonyl (C=O) groups excluding carboxylic acids is 3. The first-order valence-corrected chi connectivity index (χ1v) is 14.8. The summed E-state index contributed by atoms with van der Waals surface area (Å²) in [6.07, 6.45) is 10.3. The molecule has 7 nitrogen and oxygen atoms in total. The average molecular weight is 538 g/mol. The quantitative estimate of drug-likeness (QED) is 0.461. The van der Waals surface area contributed by atoms with Gasteiger partial charge in [-0.15, -0.1) is 24.9 Å². The van der Waals surface area contributed by atoms with Crippen molar-refractivity contribution in [3.05, 3.63) is 55.6 Å². The van der Waals surface area contributed by atoms with Crippen LogP contribution >= 0.6 is 11.8 Å². The van der Waals surface area contributed by atoms with Crippen molar-refractivity contribution >= 4 is 35.2 Å². The van der Waals surface area contributed by atoms with Crippen molar-refractivity contribution in [3.8, 4) is 0 Å². The molecule has 204 valence electrons. The molecule has 4 aliphatic rings. The van der Waals surface area contributed by atoms with Gasteiger partial charge in [0.2, 0.25) is 17.7 Å². The molecule has 5 rings (SSSR count). The summed E-state index contributed by atoms with van der Waals surface area (Å²) in [6, 6.07) is 8.96. The summed E-state index contributed by atoms with van der Waals surface area (Å²) >= 11 is 1.68. The first kappa shape index (κ1) is 27.0. The number of aliphatic hydroxyl groups excluding tert-OH is 1. The maximum Gasteiger partial charge on any atom is 0.247 e. The number of carbonyl (C=O) groups is 3. The third-order valence-electron chi connectivity index (χ3n) is 8.93. The minimum atomic E-state index is -0.675. The Morgan fingerprint density at radius 3 is 2.42 bits per heavy atom. The van der Waals surface area contributed by atoms with Gasteiger partial charge in [-0.05, 0) is 37.8 Å². The van der Waals surface area contributed by atoms with E-state index in [0.717, 1.165) is 44.2 Å². The summed E-state index contributed by atoms with van der Waals surface area (Å²) in [6.45, 7) is 8.44. The van der Waals surface area contributed by atoms with E-state index in [1.807, 2.05) is 35.2 Å². The molecule has 1 spiro atoms. The zero-order valence-electron chi connectivity index (χ0n) is 22.0. The first-order chi connectivity index (χ1) is 18.5. The Hall–Kier alpha value is -2.58. The highest BCUT2D eigenvalue weighted by atomic mass is 32.2. The number of fused-ring (bicyclic) bond motifs is 1. The lowest BCUT2D eigenvalue weighted by Crippen LogP contribution is -2.57. The molecule has 5 atom stereocenters. The summed E-state index contributed by atoms with van der Waals surface area (Å²) in [5.41, 5.74) is 0.777. The van der Waals surface area contributed by atoms with E-state index in [1.54, 1.807) is 33.7 Å². The van der Waals surface area contributed by atoms with Crippen LogP contribution in [0.15, 0.2) is 55.6 Å². The number of amides is 3. The lowest BCUT2D eigenvalue weighted by atomic mass is 9.70. The zero-order valence-corrected chi connectivity index (χ0v) is 22.9. The number of aliphatic hydroxyl groups is 1. The van der Waals surface area contributed by atoms with E-state index in [1.165, 1.54) is 6.42 Å². The Bertz CT molecular complexity index is 1070. The molecule has 2 bridgehead atoms. The van der Waals surface area contributed by atoms with Crippen molar-refractivity contribution in [2.45, 2.75) is 67.0 Å². The second kappa shape index (κ2) is 11.3. The van der Waals surface area contributed by atoms with Gasteiger partial charge in [-0.3, -0.25) is 14.4 Å². The van der Waals surface area contributed by atoms with Gasteiger partial charge < -0.3 is 19.8 Å². The molecule has 1 aliphatic carbocycles. The molecule has 0 radical (unpaired) electrons. The van der Waals surface area contributed by atoms with Gasteiger partial charge in [-0.25, -0.2) is 0 Å². The minimum absolute atomic E-state index is 0.0124. The maximum absolute atomic E-state index is 14.4. The zero-order chi connectivity index (χ0) is 26.9. The number of anilines is 1. The molecular weight excluding hydrogens is 498 g/mol. The second-order valence-electron chi connectivity index (χ2n) is 11.0. The summed E-state index contributed by atoms with van der Waals surface area (Å²) in [7, 11) is 0. The van der Waals surface area contributed by atoms with Crippen molar-refractivity contribution < 1.29 is 19.5 Å². The first-order valence-electron chi connectivity index (χ1n) is 14.0. The smallest absolute Gasteiger partial charge is 0.247 e. The van der Waals surface area contributed by atoms with Crippen LogP contribution in [0.1, 0.15) is 44.9 Å². The summed E-state index contributed by atoms with van der Waals surface area (Å²) < 4.78 is -0.654. The third kappa shape index (κ3) is 4.39. The molecule has 4 fully saturated rings. The van der Waals surface area contributed by atoms with E-state index in [-0.39, 0.29) is 42.2 Å². The number of nitrogens with zero attached hydrogens (tertiary/aromatic N) is 3. The molecule has 3 heterocycles. The Morgan fingerprint density at radius 1 is 1.05 bits per heavy atom. The highest BCUT2D eigenvalue weighted by Crippen LogP contribution is 2.66. The van der Waals surface area contributed by atoms with Crippen molar-refractivity contribution in [1.29, 1.82) is 0 Å². The maximum atomic E-state index is 14.4. The van der Waals surface area contributed by atoms with Crippen LogP contribution in [0.4, 0.5) is 5.69 Å². The average Bonchev–Trinajstić information content (AvgIpc) is 3.58. The number of hydrogen-bond donors (Lipinski definition) is 1. The van der Waals surface area contributed by atoms with E-state index >= 15 is 0 Å².